The summed E-state index contributed by atoms with van der Waals surface area (Å²) in [5, 5.41) is 7.75. The van der Waals surface area contributed by atoms with E-state index < -0.39 is 0 Å². The van der Waals surface area contributed by atoms with E-state index in [4.69, 9.17) is 4.52 Å². The van der Waals surface area contributed by atoms with Gasteiger partial charge in [0.2, 0.25) is 5.89 Å². The minimum atomic E-state index is 0.415. The summed E-state index contributed by atoms with van der Waals surface area (Å²) in [6, 6.07) is 0.520. The van der Waals surface area contributed by atoms with Crippen LogP contribution >= 0.6 is 11.8 Å². The zero-order valence-electron chi connectivity index (χ0n) is 12.9. The van der Waals surface area contributed by atoms with Crippen LogP contribution in [0.4, 0.5) is 0 Å². The fraction of sp³-hybridized carbons (Fsp3) is 0.867. The van der Waals surface area contributed by atoms with Gasteiger partial charge in [0.1, 0.15) is 0 Å². The van der Waals surface area contributed by atoms with E-state index in [2.05, 4.69) is 36.2 Å². The van der Waals surface area contributed by atoms with E-state index in [1.165, 1.54) is 25.7 Å². The molecule has 1 fully saturated rings. The largest absolute Gasteiger partial charge is 0.339 e. The van der Waals surface area contributed by atoms with Crippen molar-refractivity contribution >= 4 is 11.8 Å². The van der Waals surface area contributed by atoms with Gasteiger partial charge in [-0.3, -0.25) is 0 Å². The van der Waals surface area contributed by atoms with Gasteiger partial charge in [-0.05, 0) is 37.5 Å². The standard InChI is InChI=1S/C15H27N3OS/c1-4-8-16-13-7-5-6-12(13)15-17-14(18-19-15)10-20-9-11(2)3/h11-13,16H,4-10H2,1-3H3. The third-order valence-corrected chi connectivity index (χ3v) is 5.02. The summed E-state index contributed by atoms with van der Waals surface area (Å²) in [7, 11) is 0. The molecule has 0 aromatic carbocycles. The molecule has 4 nitrogen and oxygen atoms in total. The minimum Gasteiger partial charge on any atom is -0.339 e. The molecule has 0 amide bonds. The van der Waals surface area contributed by atoms with Crippen LogP contribution in [0.25, 0.3) is 0 Å². The minimum absolute atomic E-state index is 0.415. The van der Waals surface area contributed by atoms with Gasteiger partial charge < -0.3 is 9.84 Å². The molecule has 2 unspecified atom stereocenters. The van der Waals surface area contributed by atoms with Crippen LogP contribution in [0.1, 0.15) is 64.1 Å². The lowest BCUT2D eigenvalue weighted by atomic mass is 10.0. The van der Waals surface area contributed by atoms with E-state index >= 15 is 0 Å². The van der Waals surface area contributed by atoms with Crippen LogP contribution in [0.15, 0.2) is 4.52 Å². The Bertz CT molecular complexity index is 394. The molecule has 114 valence electrons. The summed E-state index contributed by atoms with van der Waals surface area (Å²) in [4.78, 5) is 4.61. The predicted octanol–water partition coefficient (Wildman–Crippen LogP) is 3.59. The summed E-state index contributed by atoms with van der Waals surface area (Å²) < 4.78 is 5.50. The number of aromatic nitrogens is 2. The molecule has 1 heterocycles. The molecule has 1 aliphatic rings. The highest BCUT2D eigenvalue weighted by Gasteiger charge is 2.32. The first kappa shape index (κ1) is 15.8. The third kappa shape index (κ3) is 4.48. The summed E-state index contributed by atoms with van der Waals surface area (Å²) >= 11 is 1.88. The Hall–Kier alpha value is -0.550. The fourth-order valence-electron chi connectivity index (χ4n) is 2.69. The second-order valence-corrected chi connectivity index (χ2v) is 7.09. The molecule has 0 aliphatic heterocycles. The average Bonchev–Trinajstić information content (AvgIpc) is 3.04. The van der Waals surface area contributed by atoms with Gasteiger partial charge in [0.05, 0.1) is 11.7 Å². The highest BCUT2D eigenvalue weighted by molar-refractivity contribution is 7.98. The van der Waals surface area contributed by atoms with Crippen molar-refractivity contribution in [2.45, 2.75) is 64.2 Å². The van der Waals surface area contributed by atoms with E-state index in [1.807, 2.05) is 11.8 Å². The van der Waals surface area contributed by atoms with Gasteiger partial charge in [-0.25, -0.2) is 0 Å². The Morgan fingerprint density at radius 2 is 2.25 bits per heavy atom. The van der Waals surface area contributed by atoms with Gasteiger partial charge >= 0.3 is 0 Å². The van der Waals surface area contributed by atoms with Crippen molar-refractivity contribution in [2.24, 2.45) is 5.92 Å². The molecule has 1 N–H and O–H groups in total. The molecular weight excluding hydrogens is 270 g/mol. The lowest BCUT2D eigenvalue weighted by Crippen LogP contribution is -2.31. The maximum absolute atomic E-state index is 5.50. The highest BCUT2D eigenvalue weighted by atomic mass is 32.2. The van der Waals surface area contributed by atoms with Gasteiger partial charge in [-0.15, -0.1) is 0 Å². The molecule has 1 saturated carbocycles. The van der Waals surface area contributed by atoms with Crippen LogP contribution in [0.5, 0.6) is 0 Å². The van der Waals surface area contributed by atoms with Gasteiger partial charge in [-0.2, -0.15) is 16.7 Å². The number of nitrogens with one attached hydrogen (secondary N) is 1. The molecule has 20 heavy (non-hydrogen) atoms. The zero-order valence-corrected chi connectivity index (χ0v) is 13.7. The average molecular weight is 297 g/mol. The Kier molecular flexibility index (Phi) is 6.36. The Labute approximate surface area is 126 Å². The number of rotatable bonds is 8. The maximum Gasteiger partial charge on any atom is 0.231 e. The van der Waals surface area contributed by atoms with Gasteiger partial charge in [-0.1, -0.05) is 32.3 Å². The van der Waals surface area contributed by atoms with Gasteiger partial charge in [0.25, 0.3) is 0 Å². The topological polar surface area (TPSA) is 51.0 Å². The number of hydrogen-bond donors (Lipinski definition) is 1. The number of nitrogens with zero attached hydrogens (tertiary/aromatic N) is 2. The van der Waals surface area contributed by atoms with Crippen LogP contribution in [-0.4, -0.2) is 28.5 Å². The Balaban J connectivity index is 1.87. The molecule has 0 radical (unpaired) electrons. The highest BCUT2D eigenvalue weighted by Crippen LogP contribution is 2.33. The van der Waals surface area contributed by atoms with Crippen molar-refractivity contribution in [3.05, 3.63) is 11.7 Å². The third-order valence-electron chi connectivity index (χ3n) is 3.66. The molecule has 1 aromatic heterocycles. The van der Waals surface area contributed by atoms with Crippen molar-refractivity contribution < 1.29 is 4.52 Å². The van der Waals surface area contributed by atoms with Crippen molar-refractivity contribution in [1.82, 2.24) is 15.5 Å². The SMILES string of the molecule is CCCNC1CCCC1c1nc(CSCC(C)C)no1. The first-order chi connectivity index (χ1) is 9.70. The van der Waals surface area contributed by atoms with E-state index in [9.17, 15) is 0 Å². The molecular formula is C15H27N3OS. The van der Waals surface area contributed by atoms with E-state index in [-0.39, 0.29) is 0 Å². The van der Waals surface area contributed by atoms with Crippen LogP contribution in [-0.2, 0) is 5.75 Å². The Morgan fingerprint density at radius 3 is 3.00 bits per heavy atom. The molecule has 1 aliphatic carbocycles. The molecule has 0 saturated heterocycles. The van der Waals surface area contributed by atoms with Crippen LogP contribution < -0.4 is 5.32 Å². The summed E-state index contributed by atoms with van der Waals surface area (Å²) in [6.07, 6.45) is 4.82. The van der Waals surface area contributed by atoms with E-state index in [0.29, 0.717) is 17.9 Å². The molecule has 5 heteroatoms. The molecule has 0 spiro atoms. The summed E-state index contributed by atoms with van der Waals surface area (Å²) in [5.74, 6) is 4.83. The van der Waals surface area contributed by atoms with Gasteiger partial charge in [0, 0.05) is 6.04 Å². The molecule has 1 aromatic rings. The zero-order chi connectivity index (χ0) is 14.4. The second-order valence-electron chi connectivity index (χ2n) is 6.06. The molecule has 0 bridgehead atoms. The molecule has 2 atom stereocenters. The first-order valence-corrected chi connectivity index (χ1v) is 8.99. The molecule has 2 rings (SSSR count). The van der Waals surface area contributed by atoms with Crippen molar-refractivity contribution in [2.75, 3.05) is 12.3 Å². The quantitative estimate of drug-likeness (QED) is 0.794. The van der Waals surface area contributed by atoms with Crippen molar-refractivity contribution in [3.8, 4) is 0 Å². The fourth-order valence-corrected chi connectivity index (χ4v) is 3.58. The van der Waals surface area contributed by atoms with E-state index in [0.717, 1.165) is 29.8 Å². The van der Waals surface area contributed by atoms with Crippen molar-refractivity contribution in [1.29, 1.82) is 0 Å². The Morgan fingerprint density at radius 1 is 1.40 bits per heavy atom. The summed E-state index contributed by atoms with van der Waals surface area (Å²) in [6.45, 7) is 7.74. The van der Waals surface area contributed by atoms with Crippen LogP contribution in [0.3, 0.4) is 0 Å². The smallest absolute Gasteiger partial charge is 0.231 e. The summed E-state index contributed by atoms with van der Waals surface area (Å²) in [5.41, 5.74) is 0. The number of hydrogen-bond acceptors (Lipinski definition) is 5. The van der Waals surface area contributed by atoms with Crippen LogP contribution in [0.2, 0.25) is 0 Å². The van der Waals surface area contributed by atoms with Gasteiger partial charge in [0.15, 0.2) is 5.82 Å². The van der Waals surface area contributed by atoms with Crippen LogP contribution in [0, 0.1) is 5.92 Å². The monoisotopic (exact) mass is 297 g/mol. The second kappa shape index (κ2) is 8.03. The lowest BCUT2D eigenvalue weighted by Gasteiger charge is -2.17. The van der Waals surface area contributed by atoms with Crippen molar-refractivity contribution in [3.63, 3.8) is 0 Å². The predicted molar refractivity (Wildman–Crippen MR) is 84.0 cm³/mol. The lowest BCUT2D eigenvalue weighted by molar-refractivity contribution is 0.328. The van der Waals surface area contributed by atoms with E-state index in [1.54, 1.807) is 0 Å². The normalized spacial score (nSPS) is 22.8. The number of thioether (sulfide) groups is 1. The first-order valence-electron chi connectivity index (χ1n) is 7.84. The maximum atomic E-state index is 5.50.